The molecule has 1 N–H and O–H groups in total. The Morgan fingerprint density at radius 2 is 2.10 bits per heavy atom. The van der Waals surface area contributed by atoms with E-state index in [-0.39, 0.29) is 0 Å². The molecule has 0 fully saturated rings. The van der Waals surface area contributed by atoms with E-state index < -0.39 is 0 Å². The van der Waals surface area contributed by atoms with Gasteiger partial charge in [0, 0.05) is 32.7 Å². The minimum absolute atomic E-state index is 0.330. The van der Waals surface area contributed by atoms with Crippen LogP contribution in [0.2, 0.25) is 5.02 Å². The highest BCUT2D eigenvalue weighted by Crippen LogP contribution is 2.22. The molecule has 1 heterocycles. The number of aromatic nitrogens is 2. The van der Waals surface area contributed by atoms with Crippen LogP contribution in [0.5, 0.6) is 0 Å². The Balaban J connectivity index is 2.51. The van der Waals surface area contributed by atoms with Crippen LogP contribution in [-0.2, 0) is 22.4 Å². The maximum Gasteiger partial charge on any atom is 0.0847 e. The second-order valence-corrected chi connectivity index (χ2v) is 5.12. The molecule has 0 aliphatic carbocycles. The predicted molar refractivity (Wildman–Crippen MR) is 81.5 cm³/mol. The van der Waals surface area contributed by atoms with Gasteiger partial charge in [-0.25, -0.2) is 0 Å². The lowest BCUT2D eigenvalue weighted by Gasteiger charge is -2.17. The summed E-state index contributed by atoms with van der Waals surface area (Å²) in [4.78, 5) is 0. The van der Waals surface area contributed by atoms with Crippen LogP contribution in [0.25, 0.3) is 0 Å². The first-order valence-corrected chi connectivity index (χ1v) is 7.47. The van der Waals surface area contributed by atoms with Crippen LogP contribution in [0.4, 0.5) is 0 Å². The Labute approximate surface area is 126 Å². The molecule has 1 aromatic heterocycles. The maximum atomic E-state index is 6.34. The van der Waals surface area contributed by atoms with Gasteiger partial charge in [-0.15, -0.1) is 0 Å². The van der Waals surface area contributed by atoms with Crippen LogP contribution < -0.4 is 5.32 Å². The van der Waals surface area contributed by atoms with E-state index in [1.54, 1.807) is 7.11 Å². The molecule has 1 unspecified atom stereocenters. The van der Waals surface area contributed by atoms with Gasteiger partial charge in [0.2, 0.25) is 0 Å². The predicted octanol–water partition coefficient (Wildman–Crippen LogP) is 2.05. The fraction of sp³-hybridized carbons (Fsp3) is 0.786. The molecular formula is C14H26ClN3O2. The third-order valence-electron chi connectivity index (χ3n) is 3.34. The number of nitrogens with one attached hydrogen (secondary N) is 1. The number of halogens is 1. The van der Waals surface area contributed by atoms with Crippen molar-refractivity contribution >= 4 is 11.6 Å². The summed E-state index contributed by atoms with van der Waals surface area (Å²) < 4.78 is 12.4. The van der Waals surface area contributed by atoms with E-state index in [0.29, 0.717) is 25.9 Å². The van der Waals surface area contributed by atoms with Crippen molar-refractivity contribution in [1.29, 1.82) is 0 Å². The summed E-state index contributed by atoms with van der Waals surface area (Å²) in [5.41, 5.74) is 2.00. The van der Waals surface area contributed by atoms with E-state index in [4.69, 9.17) is 21.1 Å². The lowest BCUT2D eigenvalue weighted by atomic mass is 10.1. The molecule has 0 aliphatic heterocycles. The first kappa shape index (κ1) is 17.4. The highest BCUT2D eigenvalue weighted by atomic mass is 35.5. The van der Waals surface area contributed by atoms with Gasteiger partial charge in [-0.3, -0.25) is 4.68 Å². The van der Waals surface area contributed by atoms with Gasteiger partial charge in [-0.2, -0.15) is 5.10 Å². The minimum Gasteiger partial charge on any atom is -0.382 e. The van der Waals surface area contributed by atoms with Crippen LogP contribution in [0, 0.1) is 6.92 Å². The van der Waals surface area contributed by atoms with E-state index in [2.05, 4.69) is 17.3 Å². The van der Waals surface area contributed by atoms with Gasteiger partial charge in [-0.05, 0) is 27.3 Å². The average molecular weight is 304 g/mol. The molecule has 0 saturated heterocycles. The molecule has 0 spiro atoms. The average Bonchev–Trinajstić information content (AvgIpc) is 2.73. The molecule has 0 amide bonds. The highest BCUT2D eigenvalue weighted by molar-refractivity contribution is 6.31. The number of rotatable bonds is 10. The van der Waals surface area contributed by atoms with Crippen molar-refractivity contribution in [1.82, 2.24) is 15.1 Å². The third-order valence-corrected chi connectivity index (χ3v) is 3.83. The van der Waals surface area contributed by atoms with E-state index in [1.165, 1.54) is 0 Å². The van der Waals surface area contributed by atoms with Crippen molar-refractivity contribution < 1.29 is 9.47 Å². The summed E-state index contributed by atoms with van der Waals surface area (Å²) >= 11 is 6.34. The van der Waals surface area contributed by atoms with Gasteiger partial charge in [0.05, 0.1) is 29.6 Å². The van der Waals surface area contributed by atoms with Crippen LogP contribution in [-0.4, -0.2) is 49.8 Å². The Morgan fingerprint density at radius 1 is 1.35 bits per heavy atom. The fourth-order valence-electron chi connectivity index (χ4n) is 2.12. The number of methoxy groups -OCH3 is 1. The SMILES string of the molecule is CCn1nc(C)c(Cl)c1CC(CCOCCOC)NC. The Bertz CT molecular complexity index is 396. The highest BCUT2D eigenvalue weighted by Gasteiger charge is 2.16. The second-order valence-electron chi connectivity index (χ2n) is 4.75. The Morgan fingerprint density at radius 3 is 2.70 bits per heavy atom. The lowest BCUT2D eigenvalue weighted by molar-refractivity contribution is 0.0660. The first-order chi connectivity index (χ1) is 9.63. The monoisotopic (exact) mass is 303 g/mol. The van der Waals surface area contributed by atoms with Crippen molar-refractivity contribution in [3.8, 4) is 0 Å². The zero-order valence-corrected chi connectivity index (χ0v) is 13.7. The molecule has 1 atom stereocenters. The summed E-state index contributed by atoms with van der Waals surface area (Å²) in [7, 11) is 3.64. The normalized spacial score (nSPS) is 12.8. The smallest absolute Gasteiger partial charge is 0.0847 e. The molecule has 0 aromatic carbocycles. The molecule has 1 aromatic rings. The van der Waals surface area contributed by atoms with Crippen molar-refractivity contribution in [2.75, 3.05) is 34.0 Å². The third kappa shape index (κ3) is 5.05. The van der Waals surface area contributed by atoms with Crippen molar-refractivity contribution in [3.63, 3.8) is 0 Å². The van der Waals surface area contributed by atoms with Gasteiger partial charge < -0.3 is 14.8 Å². The minimum atomic E-state index is 0.330. The summed E-state index contributed by atoms with van der Waals surface area (Å²) in [6, 6.07) is 0.330. The summed E-state index contributed by atoms with van der Waals surface area (Å²) in [5.74, 6) is 0. The largest absolute Gasteiger partial charge is 0.382 e. The molecule has 0 bridgehead atoms. The summed E-state index contributed by atoms with van der Waals surface area (Å²) in [6.45, 7) is 6.85. The molecule has 0 saturated carbocycles. The first-order valence-electron chi connectivity index (χ1n) is 7.09. The summed E-state index contributed by atoms with van der Waals surface area (Å²) in [5, 5.41) is 8.55. The van der Waals surface area contributed by atoms with Crippen LogP contribution >= 0.6 is 11.6 Å². The summed E-state index contributed by atoms with van der Waals surface area (Å²) in [6.07, 6.45) is 1.79. The number of nitrogens with zero attached hydrogens (tertiary/aromatic N) is 2. The molecule has 0 aliphatic rings. The van der Waals surface area contributed by atoms with Gasteiger partial charge in [0.25, 0.3) is 0 Å². The molecule has 5 nitrogen and oxygen atoms in total. The van der Waals surface area contributed by atoms with Gasteiger partial charge in [-0.1, -0.05) is 11.6 Å². The molecule has 6 heteroatoms. The quantitative estimate of drug-likeness (QED) is 0.672. The number of hydrogen-bond acceptors (Lipinski definition) is 4. The second kappa shape index (κ2) is 9.34. The molecule has 116 valence electrons. The number of hydrogen-bond donors (Lipinski definition) is 1. The van der Waals surface area contributed by atoms with E-state index in [1.807, 2.05) is 18.7 Å². The van der Waals surface area contributed by atoms with Crippen LogP contribution in [0.15, 0.2) is 0 Å². The fourth-order valence-corrected chi connectivity index (χ4v) is 2.33. The standard InChI is InChI=1S/C14H26ClN3O2/c1-5-18-13(14(15)11(2)17-18)10-12(16-3)6-7-20-9-8-19-4/h12,16H,5-10H2,1-4H3. The van der Waals surface area contributed by atoms with Crippen LogP contribution in [0.1, 0.15) is 24.7 Å². The van der Waals surface area contributed by atoms with Crippen molar-refractivity contribution in [2.24, 2.45) is 0 Å². The zero-order valence-electron chi connectivity index (χ0n) is 12.9. The number of aryl methyl sites for hydroxylation is 2. The maximum absolute atomic E-state index is 6.34. The van der Waals surface area contributed by atoms with Gasteiger partial charge in [0.1, 0.15) is 0 Å². The number of likely N-dealkylation sites (N-methyl/N-ethyl adjacent to an activating group) is 1. The molecule has 1 rings (SSSR count). The van der Waals surface area contributed by atoms with Crippen molar-refractivity contribution in [3.05, 3.63) is 16.4 Å². The van der Waals surface area contributed by atoms with Gasteiger partial charge >= 0.3 is 0 Å². The molecule has 0 radical (unpaired) electrons. The number of ether oxygens (including phenoxy) is 2. The Kier molecular flexibility index (Phi) is 8.14. The zero-order chi connectivity index (χ0) is 15.0. The molecular weight excluding hydrogens is 278 g/mol. The Hall–Kier alpha value is -0.620. The van der Waals surface area contributed by atoms with E-state index in [0.717, 1.165) is 35.8 Å². The van der Waals surface area contributed by atoms with Crippen molar-refractivity contribution in [2.45, 2.75) is 39.3 Å². The van der Waals surface area contributed by atoms with Crippen LogP contribution in [0.3, 0.4) is 0 Å². The van der Waals surface area contributed by atoms with E-state index in [9.17, 15) is 0 Å². The molecule has 20 heavy (non-hydrogen) atoms. The van der Waals surface area contributed by atoms with Gasteiger partial charge in [0.15, 0.2) is 0 Å². The van der Waals surface area contributed by atoms with E-state index >= 15 is 0 Å². The lowest BCUT2D eigenvalue weighted by Crippen LogP contribution is -2.30. The topological polar surface area (TPSA) is 48.3 Å².